The first-order valence-electron chi connectivity index (χ1n) is 7.67. The van der Waals surface area contributed by atoms with Gasteiger partial charge in [0.15, 0.2) is 0 Å². The minimum Gasteiger partial charge on any atom is -0.311 e. The average Bonchev–Trinajstić information content (AvgIpc) is 3.18. The third-order valence-corrected chi connectivity index (χ3v) is 5.38. The molecule has 2 aliphatic rings. The Morgan fingerprint density at radius 2 is 1.71 bits per heavy atom. The Morgan fingerprint density at radius 1 is 1.12 bits per heavy atom. The van der Waals surface area contributed by atoms with Crippen molar-refractivity contribution in [2.75, 3.05) is 13.1 Å². The van der Waals surface area contributed by atoms with Crippen LogP contribution >= 0.6 is 0 Å². The van der Waals surface area contributed by atoms with Gasteiger partial charge in [-0.1, -0.05) is 20.8 Å². The molecule has 1 aliphatic heterocycles. The largest absolute Gasteiger partial charge is 0.311 e. The molecule has 0 aromatic carbocycles. The van der Waals surface area contributed by atoms with Gasteiger partial charge in [0.25, 0.3) is 0 Å². The number of nitrogens with zero attached hydrogens (tertiary/aromatic N) is 1. The molecule has 2 unspecified atom stereocenters. The van der Waals surface area contributed by atoms with Crippen molar-refractivity contribution in [1.82, 2.24) is 10.2 Å². The van der Waals surface area contributed by atoms with Crippen LogP contribution in [0.5, 0.6) is 0 Å². The Kier molecular flexibility index (Phi) is 4.14. The molecule has 2 atom stereocenters. The summed E-state index contributed by atoms with van der Waals surface area (Å²) < 4.78 is 0. The van der Waals surface area contributed by atoms with Crippen molar-refractivity contribution in [2.24, 2.45) is 5.92 Å². The molecule has 2 heteroatoms. The van der Waals surface area contributed by atoms with Crippen LogP contribution in [0, 0.1) is 5.92 Å². The van der Waals surface area contributed by atoms with Crippen LogP contribution in [0.25, 0.3) is 0 Å². The molecular formula is C15H30N2. The summed E-state index contributed by atoms with van der Waals surface area (Å²) in [5, 5.41) is 3.76. The van der Waals surface area contributed by atoms with E-state index in [1.807, 2.05) is 0 Å². The fraction of sp³-hybridized carbons (Fsp3) is 1.00. The lowest BCUT2D eigenvalue weighted by Crippen LogP contribution is -2.63. The molecule has 17 heavy (non-hydrogen) atoms. The van der Waals surface area contributed by atoms with Gasteiger partial charge >= 0.3 is 0 Å². The summed E-state index contributed by atoms with van der Waals surface area (Å²) >= 11 is 0. The molecule has 0 radical (unpaired) electrons. The van der Waals surface area contributed by atoms with Crippen molar-refractivity contribution in [2.45, 2.75) is 77.4 Å². The van der Waals surface area contributed by atoms with Crippen LogP contribution < -0.4 is 5.32 Å². The van der Waals surface area contributed by atoms with Gasteiger partial charge in [-0.2, -0.15) is 0 Å². The fourth-order valence-electron chi connectivity index (χ4n) is 3.72. The van der Waals surface area contributed by atoms with Crippen molar-refractivity contribution in [3.8, 4) is 0 Å². The number of hydrogen-bond donors (Lipinski definition) is 1. The van der Waals surface area contributed by atoms with Crippen molar-refractivity contribution in [3.05, 3.63) is 0 Å². The summed E-state index contributed by atoms with van der Waals surface area (Å²) in [7, 11) is 0. The molecular weight excluding hydrogens is 208 g/mol. The second-order valence-electron chi connectivity index (χ2n) is 6.14. The van der Waals surface area contributed by atoms with E-state index in [2.05, 4.69) is 37.9 Å². The zero-order valence-corrected chi connectivity index (χ0v) is 12.1. The van der Waals surface area contributed by atoms with Crippen molar-refractivity contribution in [1.29, 1.82) is 0 Å². The van der Waals surface area contributed by atoms with Gasteiger partial charge in [-0.3, -0.25) is 4.90 Å². The average molecular weight is 238 g/mol. The second kappa shape index (κ2) is 5.27. The highest BCUT2D eigenvalue weighted by atomic mass is 15.3. The highest BCUT2D eigenvalue weighted by Crippen LogP contribution is 2.37. The normalized spacial score (nSPS) is 31.8. The van der Waals surface area contributed by atoms with Gasteiger partial charge in [-0.05, 0) is 44.9 Å². The molecule has 100 valence electrons. The maximum absolute atomic E-state index is 3.76. The lowest BCUT2D eigenvalue weighted by atomic mass is 9.84. The van der Waals surface area contributed by atoms with Crippen LogP contribution in [-0.2, 0) is 0 Å². The lowest BCUT2D eigenvalue weighted by Gasteiger charge is -2.51. The highest BCUT2D eigenvalue weighted by molar-refractivity contribution is 4.99. The minimum atomic E-state index is 0.453. The van der Waals surface area contributed by atoms with Crippen molar-refractivity contribution < 1.29 is 0 Å². The van der Waals surface area contributed by atoms with Crippen molar-refractivity contribution >= 4 is 0 Å². The molecule has 0 amide bonds. The third-order valence-electron chi connectivity index (χ3n) is 5.38. The van der Waals surface area contributed by atoms with Gasteiger partial charge in [0, 0.05) is 30.7 Å². The molecule has 2 nitrogen and oxygen atoms in total. The van der Waals surface area contributed by atoms with E-state index < -0.39 is 0 Å². The van der Waals surface area contributed by atoms with Gasteiger partial charge in [-0.15, -0.1) is 0 Å². The van der Waals surface area contributed by atoms with E-state index in [1.165, 1.54) is 45.2 Å². The van der Waals surface area contributed by atoms with Gasteiger partial charge < -0.3 is 5.32 Å². The molecule has 0 spiro atoms. The summed E-state index contributed by atoms with van der Waals surface area (Å²) in [6.45, 7) is 12.0. The fourth-order valence-corrected chi connectivity index (χ4v) is 3.72. The Balaban J connectivity index is 2.09. The monoisotopic (exact) mass is 238 g/mol. The lowest BCUT2D eigenvalue weighted by molar-refractivity contribution is 0.00358. The Bertz CT molecular complexity index is 235. The Morgan fingerprint density at radius 3 is 2.18 bits per heavy atom. The first-order valence-corrected chi connectivity index (χ1v) is 7.67. The standard InChI is InChI=1S/C15H30N2/c1-5-15(6-2,7-3)17-11-14(13-8-9-13)16-10-12(17)4/h12-14,16H,5-11H2,1-4H3. The molecule has 0 aromatic rings. The van der Waals surface area contributed by atoms with E-state index in [0.29, 0.717) is 11.6 Å². The maximum Gasteiger partial charge on any atom is 0.0224 e. The smallest absolute Gasteiger partial charge is 0.0224 e. The molecule has 1 saturated heterocycles. The minimum absolute atomic E-state index is 0.453. The summed E-state index contributed by atoms with van der Waals surface area (Å²) in [6.07, 6.45) is 6.79. The van der Waals surface area contributed by atoms with Crippen LogP contribution in [0.2, 0.25) is 0 Å². The third kappa shape index (κ3) is 2.53. The van der Waals surface area contributed by atoms with E-state index in [9.17, 15) is 0 Å². The Hall–Kier alpha value is -0.0800. The SMILES string of the molecule is CCC(CC)(CC)N1CC(C2CC2)NCC1C. The molecule has 1 N–H and O–H groups in total. The van der Waals surface area contributed by atoms with Crippen LogP contribution in [0.15, 0.2) is 0 Å². The quantitative estimate of drug-likeness (QED) is 0.792. The molecule has 1 heterocycles. The van der Waals surface area contributed by atoms with Crippen LogP contribution in [-0.4, -0.2) is 35.6 Å². The second-order valence-corrected chi connectivity index (χ2v) is 6.14. The highest BCUT2D eigenvalue weighted by Gasteiger charge is 2.42. The van der Waals surface area contributed by atoms with E-state index in [-0.39, 0.29) is 0 Å². The summed E-state index contributed by atoms with van der Waals surface area (Å²) in [4.78, 5) is 2.83. The van der Waals surface area contributed by atoms with Gasteiger partial charge in [0.1, 0.15) is 0 Å². The molecule has 2 fully saturated rings. The first-order chi connectivity index (χ1) is 8.16. The summed E-state index contributed by atoms with van der Waals surface area (Å²) in [5.41, 5.74) is 0.453. The molecule has 2 rings (SSSR count). The van der Waals surface area contributed by atoms with Gasteiger partial charge in [-0.25, -0.2) is 0 Å². The van der Waals surface area contributed by atoms with Crippen molar-refractivity contribution in [3.63, 3.8) is 0 Å². The summed E-state index contributed by atoms with van der Waals surface area (Å²) in [6, 6.07) is 1.47. The number of hydrogen-bond acceptors (Lipinski definition) is 2. The maximum atomic E-state index is 3.76. The number of nitrogens with one attached hydrogen (secondary N) is 1. The first kappa shape index (κ1) is 13.4. The Labute approximate surface area is 107 Å². The van der Waals surface area contributed by atoms with Gasteiger partial charge in [0.05, 0.1) is 0 Å². The predicted octanol–water partition coefficient (Wildman–Crippen LogP) is 3.03. The van der Waals surface area contributed by atoms with E-state index in [4.69, 9.17) is 0 Å². The number of piperazine rings is 1. The van der Waals surface area contributed by atoms with E-state index in [0.717, 1.165) is 12.0 Å². The predicted molar refractivity (Wildman–Crippen MR) is 74.3 cm³/mol. The van der Waals surface area contributed by atoms with E-state index in [1.54, 1.807) is 0 Å². The summed E-state index contributed by atoms with van der Waals surface area (Å²) in [5.74, 6) is 0.980. The topological polar surface area (TPSA) is 15.3 Å². The molecule has 0 bridgehead atoms. The van der Waals surface area contributed by atoms with Crippen LogP contribution in [0.4, 0.5) is 0 Å². The van der Waals surface area contributed by atoms with Crippen LogP contribution in [0.3, 0.4) is 0 Å². The van der Waals surface area contributed by atoms with E-state index >= 15 is 0 Å². The zero-order chi connectivity index (χ0) is 12.5. The molecule has 0 aromatic heterocycles. The molecule has 1 saturated carbocycles. The van der Waals surface area contributed by atoms with Gasteiger partial charge in [0.2, 0.25) is 0 Å². The zero-order valence-electron chi connectivity index (χ0n) is 12.1. The van der Waals surface area contributed by atoms with Crippen LogP contribution in [0.1, 0.15) is 59.8 Å². The molecule has 1 aliphatic carbocycles. The number of rotatable bonds is 5.